The first-order valence-electron chi connectivity index (χ1n) is 7.30. The molecule has 3 rings (SSSR count). The molecule has 0 aliphatic carbocycles. The van der Waals surface area contributed by atoms with E-state index in [-0.39, 0.29) is 17.9 Å². The van der Waals surface area contributed by atoms with Crippen LogP contribution in [0.5, 0.6) is 0 Å². The monoisotopic (exact) mass is 311 g/mol. The summed E-state index contributed by atoms with van der Waals surface area (Å²) in [5.74, 6) is -0.392. The molecule has 0 aliphatic rings. The minimum Gasteiger partial charge on any atom is -0.357 e. The molecule has 0 saturated carbocycles. The summed E-state index contributed by atoms with van der Waals surface area (Å²) in [4.78, 5) is 27.0. The Bertz CT molecular complexity index is 822. The second-order valence-electron chi connectivity index (χ2n) is 5.25. The highest BCUT2D eigenvalue weighted by Gasteiger charge is 2.14. The van der Waals surface area contributed by atoms with Gasteiger partial charge in [-0.05, 0) is 37.3 Å². The number of fused-ring (bicyclic) bond motifs is 1. The summed E-state index contributed by atoms with van der Waals surface area (Å²) in [5.41, 5.74) is 1.79. The van der Waals surface area contributed by atoms with Crippen LogP contribution in [-0.2, 0) is 0 Å². The molecule has 3 aromatic rings. The van der Waals surface area contributed by atoms with Gasteiger partial charge >= 0.3 is 0 Å². The lowest BCUT2D eigenvalue weighted by molar-refractivity contribution is 0.0910. The molecule has 118 valence electrons. The zero-order valence-corrected chi connectivity index (χ0v) is 12.6. The van der Waals surface area contributed by atoms with Crippen molar-refractivity contribution in [2.45, 2.75) is 13.0 Å². The molecule has 0 aromatic carbocycles. The zero-order valence-electron chi connectivity index (χ0n) is 12.6. The molecule has 7 nitrogen and oxygen atoms in total. The maximum atomic E-state index is 12.3. The second kappa shape index (κ2) is 6.35. The van der Waals surface area contributed by atoms with Crippen LogP contribution in [-0.4, -0.2) is 39.0 Å². The van der Waals surface area contributed by atoms with E-state index in [0.717, 1.165) is 5.52 Å². The first-order chi connectivity index (χ1) is 11.1. The molecule has 3 aromatic heterocycles. The predicted octanol–water partition coefficient (Wildman–Crippen LogP) is 1.21. The van der Waals surface area contributed by atoms with Gasteiger partial charge in [0.15, 0.2) is 0 Å². The number of carbonyl (C=O) groups excluding carboxylic acids is 2. The molecule has 1 atom stereocenters. The Kier molecular flexibility index (Phi) is 4.09. The number of aromatic nitrogens is 3. The Balaban J connectivity index is 1.57. The first-order valence-corrected chi connectivity index (χ1v) is 7.30. The summed E-state index contributed by atoms with van der Waals surface area (Å²) >= 11 is 0. The SMILES string of the molecule is CC(CNC(=O)c1ccn2ncccc12)NC(=O)c1ccc[nH]1. The molecular weight excluding hydrogens is 294 g/mol. The summed E-state index contributed by atoms with van der Waals surface area (Å²) in [5, 5.41) is 9.76. The highest BCUT2D eigenvalue weighted by Crippen LogP contribution is 2.10. The molecule has 0 saturated heterocycles. The maximum absolute atomic E-state index is 12.3. The van der Waals surface area contributed by atoms with Gasteiger partial charge in [0.2, 0.25) is 0 Å². The number of hydrogen-bond donors (Lipinski definition) is 3. The van der Waals surface area contributed by atoms with Gasteiger partial charge in [-0.15, -0.1) is 0 Å². The summed E-state index contributed by atoms with van der Waals surface area (Å²) in [6, 6.07) is 8.60. The average molecular weight is 311 g/mol. The maximum Gasteiger partial charge on any atom is 0.267 e. The van der Waals surface area contributed by atoms with Crippen molar-refractivity contribution in [2.75, 3.05) is 6.54 Å². The molecule has 0 spiro atoms. The van der Waals surface area contributed by atoms with E-state index in [1.54, 1.807) is 47.4 Å². The number of nitrogens with zero attached hydrogens (tertiary/aromatic N) is 2. The number of amides is 2. The Hall–Kier alpha value is -3.09. The van der Waals surface area contributed by atoms with Gasteiger partial charge in [-0.3, -0.25) is 9.59 Å². The van der Waals surface area contributed by atoms with E-state index in [0.29, 0.717) is 17.8 Å². The van der Waals surface area contributed by atoms with Crippen molar-refractivity contribution in [2.24, 2.45) is 0 Å². The van der Waals surface area contributed by atoms with Gasteiger partial charge in [0.05, 0.1) is 11.1 Å². The van der Waals surface area contributed by atoms with Gasteiger partial charge in [-0.2, -0.15) is 5.10 Å². The van der Waals surface area contributed by atoms with Crippen LogP contribution in [0.1, 0.15) is 27.8 Å². The summed E-state index contributed by atoms with van der Waals surface area (Å²) < 4.78 is 1.64. The highest BCUT2D eigenvalue weighted by atomic mass is 16.2. The van der Waals surface area contributed by atoms with Crippen molar-refractivity contribution < 1.29 is 9.59 Å². The molecule has 0 fully saturated rings. The number of hydrogen-bond acceptors (Lipinski definition) is 3. The van der Waals surface area contributed by atoms with Crippen LogP contribution in [0.3, 0.4) is 0 Å². The predicted molar refractivity (Wildman–Crippen MR) is 85.2 cm³/mol. The van der Waals surface area contributed by atoms with E-state index in [4.69, 9.17) is 0 Å². The van der Waals surface area contributed by atoms with E-state index in [2.05, 4.69) is 20.7 Å². The van der Waals surface area contributed by atoms with E-state index in [1.807, 2.05) is 13.0 Å². The van der Waals surface area contributed by atoms with Crippen LogP contribution in [0.2, 0.25) is 0 Å². The van der Waals surface area contributed by atoms with Crippen molar-refractivity contribution in [3.8, 4) is 0 Å². The van der Waals surface area contributed by atoms with Crippen LogP contribution in [0.25, 0.3) is 5.52 Å². The third kappa shape index (κ3) is 3.23. The lowest BCUT2D eigenvalue weighted by atomic mass is 10.2. The van der Waals surface area contributed by atoms with E-state index >= 15 is 0 Å². The summed E-state index contributed by atoms with van der Waals surface area (Å²) in [6.45, 7) is 2.17. The second-order valence-corrected chi connectivity index (χ2v) is 5.25. The average Bonchev–Trinajstić information content (AvgIpc) is 3.22. The lowest BCUT2D eigenvalue weighted by Gasteiger charge is -2.14. The molecule has 2 amide bonds. The van der Waals surface area contributed by atoms with Crippen LogP contribution < -0.4 is 10.6 Å². The third-order valence-corrected chi connectivity index (χ3v) is 3.47. The number of aromatic amines is 1. The molecule has 0 aliphatic heterocycles. The molecular formula is C16H17N5O2. The molecule has 0 bridgehead atoms. The van der Waals surface area contributed by atoms with Gasteiger partial charge < -0.3 is 15.6 Å². The van der Waals surface area contributed by atoms with Crippen LogP contribution in [0.15, 0.2) is 48.9 Å². The van der Waals surface area contributed by atoms with Gasteiger partial charge in [0.1, 0.15) is 5.69 Å². The Labute approximate surface area is 132 Å². The van der Waals surface area contributed by atoms with Crippen LogP contribution in [0, 0.1) is 0 Å². The quantitative estimate of drug-likeness (QED) is 0.661. The van der Waals surface area contributed by atoms with Crippen LogP contribution >= 0.6 is 0 Å². The number of H-pyrrole nitrogens is 1. The molecule has 23 heavy (non-hydrogen) atoms. The van der Waals surface area contributed by atoms with Crippen LogP contribution in [0.4, 0.5) is 0 Å². The minimum absolute atomic E-state index is 0.193. The summed E-state index contributed by atoms with van der Waals surface area (Å²) in [6.07, 6.45) is 5.08. The van der Waals surface area contributed by atoms with Gasteiger partial charge in [-0.25, -0.2) is 4.52 Å². The minimum atomic E-state index is -0.199. The van der Waals surface area contributed by atoms with Crippen molar-refractivity contribution >= 4 is 17.3 Å². The Morgan fingerprint density at radius 3 is 2.91 bits per heavy atom. The molecule has 1 unspecified atom stereocenters. The smallest absolute Gasteiger partial charge is 0.267 e. The van der Waals surface area contributed by atoms with E-state index in [9.17, 15) is 9.59 Å². The summed E-state index contributed by atoms with van der Waals surface area (Å²) in [7, 11) is 0. The lowest BCUT2D eigenvalue weighted by Crippen LogP contribution is -2.41. The van der Waals surface area contributed by atoms with Gasteiger partial charge in [-0.1, -0.05) is 0 Å². The first kappa shape index (κ1) is 14.8. The van der Waals surface area contributed by atoms with Crippen molar-refractivity contribution in [1.82, 2.24) is 25.2 Å². The topological polar surface area (TPSA) is 91.3 Å². The van der Waals surface area contributed by atoms with Gasteiger partial charge in [0.25, 0.3) is 11.8 Å². The zero-order chi connectivity index (χ0) is 16.2. The highest BCUT2D eigenvalue weighted by molar-refractivity contribution is 6.01. The van der Waals surface area contributed by atoms with E-state index in [1.165, 1.54) is 0 Å². The fourth-order valence-corrected chi connectivity index (χ4v) is 2.30. The molecule has 7 heteroatoms. The Morgan fingerprint density at radius 1 is 1.26 bits per heavy atom. The molecule has 3 N–H and O–H groups in total. The number of carbonyl (C=O) groups is 2. The third-order valence-electron chi connectivity index (χ3n) is 3.47. The molecule has 0 radical (unpaired) electrons. The van der Waals surface area contributed by atoms with Gasteiger partial charge in [0, 0.05) is 31.2 Å². The standard InChI is InChI=1S/C16H17N5O2/c1-11(20-16(23)13-4-2-7-17-13)10-18-15(22)12-6-9-21-14(12)5-3-8-19-21/h2-9,11,17H,10H2,1H3,(H,18,22)(H,20,23). The fourth-order valence-electron chi connectivity index (χ4n) is 2.30. The van der Waals surface area contributed by atoms with E-state index < -0.39 is 0 Å². The van der Waals surface area contributed by atoms with Crippen molar-refractivity contribution in [3.63, 3.8) is 0 Å². The number of nitrogens with one attached hydrogen (secondary N) is 3. The van der Waals surface area contributed by atoms with Crippen molar-refractivity contribution in [1.29, 1.82) is 0 Å². The number of rotatable bonds is 5. The largest absolute Gasteiger partial charge is 0.357 e. The Morgan fingerprint density at radius 2 is 2.13 bits per heavy atom. The normalized spacial score (nSPS) is 12.0. The van der Waals surface area contributed by atoms with Crippen molar-refractivity contribution in [3.05, 3.63) is 60.2 Å². The fraction of sp³-hybridized carbons (Fsp3) is 0.188. The molecule has 3 heterocycles.